The molecule has 19 heavy (non-hydrogen) atoms. The van der Waals surface area contributed by atoms with Crippen molar-refractivity contribution >= 4 is 5.69 Å². The molecule has 0 radical (unpaired) electrons. The monoisotopic (exact) mass is 257 g/mol. The van der Waals surface area contributed by atoms with Gasteiger partial charge >= 0.3 is 0 Å². The number of halogens is 1. The Morgan fingerprint density at radius 2 is 1.68 bits per heavy atom. The second-order valence-electron chi connectivity index (χ2n) is 5.23. The Morgan fingerprint density at radius 3 is 2.32 bits per heavy atom. The van der Waals surface area contributed by atoms with E-state index in [-0.39, 0.29) is 11.9 Å². The van der Waals surface area contributed by atoms with Gasteiger partial charge in [0.25, 0.3) is 0 Å². The zero-order valence-electron chi connectivity index (χ0n) is 11.9. The maximum absolute atomic E-state index is 13.4. The summed E-state index contributed by atoms with van der Waals surface area (Å²) in [6.07, 6.45) is 0. The first kappa shape index (κ1) is 13.6. The molecule has 1 N–H and O–H groups in total. The molecule has 0 saturated carbocycles. The third-order valence-corrected chi connectivity index (χ3v) is 3.46. The fourth-order valence-corrected chi connectivity index (χ4v) is 2.19. The molecule has 100 valence electrons. The molecule has 0 aliphatic heterocycles. The second kappa shape index (κ2) is 5.43. The van der Waals surface area contributed by atoms with Crippen LogP contribution in [0.5, 0.6) is 0 Å². The molecule has 0 aliphatic rings. The zero-order chi connectivity index (χ0) is 14.0. The summed E-state index contributed by atoms with van der Waals surface area (Å²) in [7, 11) is 0. The summed E-state index contributed by atoms with van der Waals surface area (Å²) in [6.45, 7) is 8.20. The van der Waals surface area contributed by atoms with Gasteiger partial charge in [-0.2, -0.15) is 0 Å². The molecule has 2 aromatic carbocycles. The lowest BCUT2D eigenvalue weighted by Crippen LogP contribution is -2.07. The Bertz CT molecular complexity index is 570. The van der Waals surface area contributed by atoms with Crippen molar-refractivity contribution in [1.29, 1.82) is 0 Å². The molecule has 0 aliphatic carbocycles. The molecule has 0 aromatic heterocycles. The summed E-state index contributed by atoms with van der Waals surface area (Å²) in [6, 6.07) is 11.6. The molecule has 2 heteroatoms. The van der Waals surface area contributed by atoms with E-state index in [1.165, 1.54) is 28.8 Å². The topological polar surface area (TPSA) is 12.0 Å². The third kappa shape index (κ3) is 3.34. The first-order valence-corrected chi connectivity index (χ1v) is 6.56. The van der Waals surface area contributed by atoms with E-state index in [0.29, 0.717) is 0 Å². The van der Waals surface area contributed by atoms with Crippen molar-refractivity contribution in [2.45, 2.75) is 33.7 Å². The van der Waals surface area contributed by atoms with Gasteiger partial charge in [0.15, 0.2) is 0 Å². The first-order chi connectivity index (χ1) is 8.95. The van der Waals surface area contributed by atoms with Gasteiger partial charge in [-0.3, -0.25) is 0 Å². The molecular weight excluding hydrogens is 237 g/mol. The molecule has 2 aromatic rings. The van der Waals surface area contributed by atoms with Crippen LogP contribution in [0.2, 0.25) is 0 Å². The van der Waals surface area contributed by atoms with Crippen LogP contribution in [0.4, 0.5) is 10.1 Å². The van der Waals surface area contributed by atoms with Gasteiger partial charge in [-0.1, -0.05) is 18.2 Å². The van der Waals surface area contributed by atoms with Gasteiger partial charge in [0.2, 0.25) is 0 Å². The van der Waals surface area contributed by atoms with Crippen molar-refractivity contribution in [1.82, 2.24) is 0 Å². The fourth-order valence-electron chi connectivity index (χ4n) is 2.19. The summed E-state index contributed by atoms with van der Waals surface area (Å²) in [5.41, 5.74) is 5.53. The first-order valence-electron chi connectivity index (χ1n) is 6.56. The van der Waals surface area contributed by atoms with E-state index in [2.05, 4.69) is 44.3 Å². The Morgan fingerprint density at radius 1 is 0.947 bits per heavy atom. The van der Waals surface area contributed by atoms with Crippen LogP contribution in [0, 0.1) is 26.6 Å². The highest BCUT2D eigenvalue weighted by atomic mass is 19.1. The molecule has 0 spiro atoms. The van der Waals surface area contributed by atoms with Crippen LogP contribution < -0.4 is 5.32 Å². The molecule has 0 fully saturated rings. The predicted molar refractivity (Wildman–Crippen MR) is 79.1 cm³/mol. The largest absolute Gasteiger partial charge is 0.378 e. The molecule has 2 rings (SSSR count). The highest BCUT2D eigenvalue weighted by Gasteiger charge is 2.07. The van der Waals surface area contributed by atoms with E-state index in [4.69, 9.17) is 0 Å². The lowest BCUT2D eigenvalue weighted by atomic mass is 10.0. The number of hydrogen-bond acceptors (Lipinski definition) is 1. The normalized spacial score (nSPS) is 12.3. The lowest BCUT2D eigenvalue weighted by molar-refractivity contribution is 0.626. The van der Waals surface area contributed by atoms with Gasteiger partial charge in [0.1, 0.15) is 5.82 Å². The van der Waals surface area contributed by atoms with Crippen LogP contribution in [0.15, 0.2) is 36.4 Å². The summed E-state index contributed by atoms with van der Waals surface area (Å²) < 4.78 is 13.4. The highest BCUT2D eigenvalue weighted by molar-refractivity contribution is 5.48. The molecule has 1 atom stereocenters. The summed E-state index contributed by atoms with van der Waals surface area (Å²) in [5, 5.41) is 3.35. The van der Waals surface area contributed by atoms with Crippen molar-refractivity contribution in [3.8, 4) is 0 Å². The average Bonchev–Trinajstić information content (AvgIpc) is 2.31. The standard InChI is InChI=1S/C17H20FN/c1-11-7-16(18)10-17(8-11)19-14(4)15-6-5-12(2)13(3)9-15/h5-10,14,19H,1-4H3. The number of rotatable bonds is 3. The van der Waals surface area contributed by atoms with E-state index in [1.807, 2.05) is 13.0 Å². The molecular formula is C17H20FN. The summed E-state index contributed by atoms with van der Waals surface area (Å²) in [4.78, 5) is 0. The zero-order valence-corrected chi connectivity index (χ0v) is 11.9. The van der Waals surface area contributed by atoms with Crippen molar-refractivity contribution in [2.75, 3.05) is 5.32 Å². The molecule has 1 nitrogen and oxygen atoms in total. The van der Waals surface area contributed by atoms with Gasteiger partial charge in [0.05, 0.1) is 0 Å². The number of benzene rings is 2. The van der Waals surface area contributed by atoms with Crippen LogP contribution in [-0.4, -0.2) is 0 Å². The molecule has 0 amide bonds. The van der Waals surface area contributed by atoms with Crippen molar-refractivity contribution in [3.63, 3.8) is 0 Å². The van der Waals surface area contributed by atoms with E-state index >= 15 is 0 Å². The van der Waals surface area contributed by atoms with Crippen LogP contribution in [0.25, 0.3) is 0 Å². The number of aryl methyl sites for hydroxylation is 3. The van der Waals surface area contributed by atoms with E-state index < -0.39 is 0 Å². The third-order valence-electron chi connectivity index (χ3n) is 3.46. The fraction of sp³-hybridized carbons (Fsp3) is 0.294. The van der Waals surface area contributed by atoms with Gasteiger partial charge in [-0.15, -0.1) is 0 Å². The minimum Gasteiger partial charge on any atom is -0.378 e. The summed E-state index contributed by atoms with van der Waals surface area (Å²) >= 11 is 0. The van der Waals surface area contributed by atoms with Crippen molar-refractivity contribution < 1.29 is 4.39 Å². The Balaban J connectivity index is 2.20. The Labute approximate surface area is 114 Å². The average molecular weight is 257 g/mol. The number of nitrogens with one attached hydrogen (secondary N) is 1. The Kier molecular flexibility index (Phi) is 3.89. The smallest absolute Gasteiger partial charge is 0.125 e. The molecule has 1 unspecified atom stereocenters. The Hall–Kier alpha value is -1.83. The minimum atomic E-state index is -0.199. The number of hydrogen-bond donors (Lipinski definition) is 1. The van der Waals surface area contributed by atoms with Crippen LogP contribution in [0.1, 0.15) is 35.2 Å². The van der Waals surface area contributed by atoms with Gasteiger partial charge < -0.3 is 5.32 Å². The summed E-state index contributed by atoms with van der Waals surface area (Å²) in [5.74, 6) is -0.199. The predicted octanol–water partition coefficient (Wildman–Crippen LogP) is 4.92. The van der Waals surface area contributed by atoms with E-state index in [1.54, 1.807) is 0 Å². The lowest BCUT2D eigenvalue weighted by Gasteiger charge is -2.17. The SMILES string of the molecule is Cc1cc(F)cc(NC(C)c2ccc(C)c(C)c2)c1. The number of anilines is 1. The maximum Gasteiger partial charge on any atom is 0.125 e. The van der Waals surface area contributed by atoms with Gasteiger partial charge in [-0.25, -0.2) is 4.39 Å². The second-order valence-corrected chi connectivity index (χ2v) is 5.23. The maximum atomic E-state index is 13.4. The van der Waals surface area contributed by atoms with Crippen LogP contribution in [-0.2, 0) is 0 Å². The van der Waals surface area contributed by atoms with Crippen molar-refractivity contribution in [2.24, 2.45) is 0 Å². The molecule has 0 saturated heterocycles. The quantitative estimate of drug-likeness (QED) is 0.822. The van der Waals surface area contributed by atoms with E-state index in [9.17, 15) is 4.39 Å². The highest BCUT2D eigenvalue weighted by Crippen LogP contribution is 2.22. The van der Waals surface area contributed by atoms with E-state index in [0.717, 1.165) is 11.3 Å². The van der Waals surface area contributed by atoms with Crippen LogP contribution >= 0.6 is 0 Å². The minimum absolute atomic E-state index is 0.153. The van der Waals surface area contributed by atoms with Crippen molar-refractivity contribution in [3.05, 3.63) is 64.5 Å². The molecule has 0 heterocycles. The van der Waals surface area contributed by atoms with Gasteiger partial charge in [-0.05, 0) is 68.1 Å². The molecule has 0 bridgehead atoms. The van der Waals surface area contributed by atoms with Crippen LogP contribution in [0.3, 0.4) is 0 Å². The van der Waals surface area contributed by atoms with Gasteiger partial charge in [0, 0.05) is 11.7 Å².